The van der Waals surface area contributed by atoms with Crippen LogP contribution in [0.25, 0.3) is 0 Å². The Morgan fingerprint density at radius 3 is 2.30 bits per heavy atom. The van der Waals surface area contributed by atoms with Gasteiger partial charge in [0.2, 0.25) is 0 Å². The topological polar surface area (TPSA) is 134 Å². The van der Waals surface area contributed by atoms with Gasteiger partial charge in [-0.1, -0.05) is 35.9 Å². The Balaban J connectivity index is 1.66. The Hall–Kier alpha value is -3.14. The van der Waals surface area contributed by atoms with Crippen molar-refractivity contribution in [2.45, 2.75) is 24.7 Å². The van der Waals surface area contributed by atoms with Gasteiger partial charge in [0.1, 0.15) is 18.6 Å². The molecule has 0 spiro atoms. The van der Waals surface area contributed by atoms with E-state index in [9.17, 15) is 24.6 Å². The number of hydrogen-bond donors (Lipinski definition) is 4. The number of carbonyl (C=O) groups excluding carboxylic acids is 2. The molecule has 1 fully saturated rings. The van der Waals surface area contributed by atoms with E-state index in [2.05, 4.69) is 10.6 Å². The summed E-state index contributed by atoms with van der Waals surface area (Å²) in [7, 11) is 0. The minimum absolute atomic E-state index is 0.0224. The zero-order valence-electron chi connectivity index (χ0n) is 15.6. The van der Waals surface area contributed by atoms with Crippen molar-refractivity contribution in [3.05, 3.63) is 59.1 Å². The molecule has 0 radical (unpaired) electrons. The molecule has 9 nitrogen and oxygen atoms in total. The van der Waals surface area contributed by atoms with Gasteiger partial charge in [-0.25, -0.2) is 4.79 Å². The highest BCUT2D eigenvalue weighted by Crippen LogP contribution is 2.23. The van der Waals surface area contributed by atoms with Crippen LogP contribution in [-0.2, 0) is 30.3 Å². The molecular formula is C20H19ClN2O7. The molecule has 1 aliphatic rings. The quantitative estimate of drug-likeness (QED) is 0.519. The molecule has 4 N–H and O–H groups in total. The van der Waals surface area contributed by atoms with Gasteiger partial charge in [-0.05, 0) is 29.8 Å². The third-order valence-corrected chi connectivity index (χ3v) is 4.74. The van der Waals surface area contributed by atoms with E-state index in [0.717, 1.165) is 0 Å². The van der Waals surface area contributed by atoms with Crippen LogP contribution in [-0.4, -0.2) is 53.0 Å². The number of carboxylic acids is 1. The van der Waals surface area contributed by atoms with Crippen molar-refractivity contribution in [2.75, 3.05) is 12.1 Å². The summed E-state index contributed by atoms with van der Waals surface area (Å²) in [6.45, 7) is -0.297. The lowest BCUT2D eigenvalue weighted by Gasteiger charge is -2.20. The first-order valence-electron chi connectivity index (χ1n) is 8.95. The van der Waals surface area contributed by atoms with Crippen LogP contribution < -0.4 is 10.6 Å². The number of hydrogen-bond acceptors (Lipinski definition) is 6. The number of para-hydroxylation sites is 1. The molecule has 0 aliphatic carbocycles. The SMILES string of the molecule is O=C(O)C(Cc1ccc(O)cc1)NC(=O)C1OCOC1C(=O)Nc1ccccc1Cl. The molecule has 1 saturated heterocycles. The lowest BCUT2D eigenvalue weighted by Crippen LogP contribution is -2.51. The number of carboxylic acid groups (broad SMARTS) is 1. The number of nitrogens with one attached hydrogen (secondary N) is 2. The fraction of sp³-hybridized carbons (Fsp3) is 0.250. The predicted octanol–water partition coefficient (Wildman–Crippen LogP) is 1.54. The van der Waals surface area contributed by atoms with Crippen LogP contribution in [0.15, 0.2) is 48.5 Å². The third-order valence-electron chi connectivity index (χ3n) is 4.41. The van der Waals surface area contributed by atoms with Gasteiger partial charge in [0, 0.05) is 6.42 Å². The standard InChI is InChI=1S/C20H19ClN2O7/c21-13-3-1-2-4-14(13)22-18(25)16-17(30-10-29-16)19(26)23-15(20(27)28)9-11-5-7-12(24)8-6-11/h1-8,15-17,24H,9-10H2,(H,22,25)(H,23,26)(H,27,28). The van der Waals surface area contributed by atoms with E-state index in [-0.39, 0.29) is 19.0 Å². The first-order valence-corrected chi connectivity index (χ1v) is 9.32. The molecule has 0 aromatic heterocycles. The first kappa shape index (κ1) is 21.6. The summed E-state index contributed by atoms with van der Waals surface area (Å²) < 4.78 is 10.4. The van der Waals surface area contributed by atoms with Gasteiger partial charge in [-0.15, -0.1) is 0 Å². The van der Waals surface area contributed by atoms with Crippen molar-refractivity contribution in [2.24, 2.45) is 0 Å². The minimum atomic E-state index is -1.32. The average molecular weight is 435 g/mol. The number of carbonyl (C=O) groups is 3. The summed E-state index contributed by atoms with van der Waals surface area (Å²) in [5.74, 6) is -2.66. The zero-order valence-corrected chi connectivity index (χ0v) is 16.3. The van der Waals surface area contributed by atoms with Crippen molar-refractivity contribution in [1.29, 1.82) is 0 Å². The van der Waals surface area contributed by atoms with E-state index < -0.39 is 36.0 Å². The van der Waals surface area contributed by atoms with Gasteiger partial charge >= 0.3 is 5.97 Å². The smallest absolute Gasteiger partial charge is 0.326 e. The van der Waals surface area contributed by atoms with Crippen molar-refractivity contribution in [1.82, 2.24) is 5.32 Å². The number of ether oxygens (including phenoxy) is 2. The summed E-state index contributed by atoms with van der Waals surface area (Å²) in [4.78, 5) is 36.7. The van der Waals surface area contributed by atoms with Crippen molar-refractivity contribution < 1.29 is 34.1 Å². The van der Waals surface area contributed by atoms with Crippen molar-refractivity contribution >= 4 is 35.1 Å². The molecule has 3 rings (SSSR count). The van der Waals surface area contributed by atoms with Crippen LogP contribution in [0.4, 0.5) is 5.69 Å². The number of aromatic hydroxyl groups is 1. The van der Waals surface area contributed by atoms with E-state index in [1.807, 2.05) is 0 Å². The van der Waals surface area contributed by atoms with Gasteiger partial charge in [0.15, 0.2) is 12.2 Å². The Bertz CT molecular complexity index is 935. The number of phenols is 1. The molecule has 30 heavy (non-hydrogen) atoms. The van der Waals surface area contributed by atoms with Gasteiger partial charge < -0.3 is 30.3 Å². The maximum atomic E-state index is 12.6. The molecular weight excluding hydrogens is 416 g/mol. The molecule has 0 saturated carbocycles. The minimum Gasteiger partial charge on any atom is -0.508 e. The largest absolute Gasteiger partial charge is 0.508 e. The summed E-state index contributed by atoms with van der Waals surface area (Å²) >= 11 is 6.02. The summed E-state index contributed by atoms with van der Waals surface area (Å²) in [6, 6.07) is 11.2. The van der Waals surface area contributed by atoms with E-state index >= 15 is 0 Å². The summed E-state index contributed by atoms with van der Waals surface area (Å²) in [5.41, 5.74) is 0.937. The van der Waals surface area contributed by atoms with Gasteiger partial charge in [0.25, 0.3) is 11.8 Å². The second-order valence-corrected chi connectivity index (χ2v) is 6.94. The molecule has 2 amide bonds. The van der Waals surface area contributed by atoms with Crippen LogP contribution in [0, 0.1) is 0 Å². The molecule has 158 valence electrons. The normalized spacial score (nSPS) is 19.1. The molecule has 3 atom stereocenters. The lowest BCUT2D eigenvalue weighted by molar-refractivity contribution is -0.144. The summed E-state index contributed by atoms with van der Waals surface area (Å²) in [6.07, 6.45) is -2.62. The van der Waals surface area contributed by atoms with E-state index in [1.165, 1.54) is 12.1 Å². The molecule has 3 unspecified atom stereocenters. The predicted molar refractivity (Wildman–Crippen MR) is 106 cm³/mol. The highest BCUT2D eigenvalue weighted by atomic mass is 35.5. The van der Waals surface area contributed by atoms with Crippen molar-refractivity contribution in [3.8, 4) is 5.75 Å². The molecule has 2 aromatic carbocycles. The number of halogens is 1. The van der Waals surface area contributed by atoms with Gasteiger partial charge in [-0.2, -0.15) is 0 Å². The van der Waals surface area contributed by atoms with Crippen LogP contribution in [0.2, 0.25) is 5.02 Å². The summed E-state index contributed by atoms with van der Waals surface area (Å²) in [5, 5.41) is 24.0. The second kappa shape index (κ2) is 9.57. The number of rotatable bonds is 7. The second-order valence-electron chi connectivity index (χ2n) is 6.53. The number of amides is 2. The van der Waals surface area contributed by atoms with Crippen molar-refractivity contribution in [3.63, 3.8) is 0 Å². The Labute approximate surface area is 176 Å². The zero-order chi connectivity index (χ0) is 21.7. The van der Waals surface area contributed by atoms with Crippen LogP contribution >= 0.6 is 11.6 Å². The number of phenolic OH excluding ortho intramolecular Hbond substituents is 1. The number of aliphatic carboxylic acids is 1. The highest BCUT2D eigenvalue weighted by Gasteiger charge is 2.41. The Morgan fingerprint density at radius 1 is 1.03 bits per heavy atom. The fourth-order valence-electron chi connectivity index (χ4n) is 2.88. The van der Waals surface area contributed by atoms with Gasteiger partial charge in [0.05, 0.1) is 10.7 Å². The molecule has 1 aliphatic heterocycles. The molecule has 1 heterocycles. The maximum Gasteiger partial charge on any atom is 0.326 e. The number of benzene rings is 2. The highest BCUT2D eigenvalue weighted by molar-refractivity contribution is 6.33. The number of anilines is 1. The Morgan fingerprint density at radius 2 is 1.67 bits per heavy atom. The average Bonchev–Trinajstić information content (AvgIpc) is 3.21. The molecule has 0 bridgehead atoms. The van der Waals surface area contributed by atoms with Crippen LogP contribution in [0.1, 0.15) is 5.56 Å². The van der Waals surface area contributed by atoms with E-state index in [1.54, 1.807) is 36.4 Å². The van der Waals surface area contributed by atoms with Crippen LogP contribution in [0.3, 0.4) is 0 Å². The maximum absolute atomic E-state index is 12.6. The third kappa shape index (κ3) is 5.26. The van der Waals surface area contributed by atoms with Crippen LogP contribution in [0.5, 0.6) is 5.75 Å². The molecule has 10 heteroatoms. The van der Waals surface area contributed by atoms with Gasteiger partial charge in [-0.3, -0.25) is 9.59 Å². The van der Waals surface area contributed by atoms with E-state index in [0.29, 0.717) is 16.3 Å². The first-order chi connectivity index (χ1) is 14.3. The monoisotopic (exact) mass is 434 g/mol. The Kier molecular flexibility index (Phi) is 6.88. The fourth-order valence-corrected chi connectivity index (χ4v) is 3.06. The molecule has 2 aromatic rings. The van der Waals surface area contributed by atoms with E-state index in [4.69, 9.17) is 21.1 Å². The lowest BCUT2D eigenvalue weighted by atomic mass is 10.0.